The summed E-state index contributed by atoms with van der Waals surface area (Å²) in [5, 5.41) is 16.4. The van der Waals surface area contributed by atoms with E-state index in [1.54, 1.807) is 0 Å². The van der Waals surface area contributed by atoms with Crippen molar-refractivity contribution in [3.05, 3.63) is 0 Å². The fourth-order valence-electron chi connectivity index (χ4n) is 0.329. The van der Waals surface area contributed by atoms with Crippen LogP contribution in [0.3, 0.4) is 0 Å². The van der Waals surface area contributed by atoms with Crippen LogP contribution in [0.2, 0.25) is 0 Å². The predicted octanol–water partition coefficient (Wildman–Crippen LogP) is -0.805. The molecular weight excluding hydrogens is 100 g/mol. The molecule has 1 rings (SSSR count). The van der Waals surface area contributed by atoms with E-state index in [0.29, 0.717) is 0 Å². The summed E-state index contributed by atoms with van der Waals surface area (Å²) in [6.07, 6.45) is 0. The summed E-state index contributed by atoms with van der Waals surface area (Å²) in [4.78, 5) is 3.60. The molecule has 4 nitrogen and oxygen atoms in total. The Labute approximate surface area is 40.2 Å². The molecule has 7 heavy (non-hydrogen) atoms. The van der Waals surface area contributed by atoms with Crippen LogP contribution in [0.15, 0.2) is 0 Å². The van der Waals surface area contributed by atoms with Gasteiger partial charge in [0, 0.05) is 0 Å². The molecule has 0 amide bonds. The highest BCUT2D eigenvalue weighted by molar-refractivity contribution is 4.71. The predicted molar refractivity (Wildman–Crippen MR) is 19.5 cm³/mol. The van der Waals surface area contributed by atoms with Crippen LogP contribution in [0.25, 0.3) is 0 Å². The second-order valence-corrected chi connectivity index (χ2v) is 1.53. The second kappa shape index (κ2) is 1.41. The van der Waals surface area contributed by atoms with E-state index in [-0.39, 0.29) is 13.2 Å². The molecule has 0 atom stereocenters. The fourth-order valence-corrected chi connectivity index (χ4v) is 0.329. The van der Waals surface area contributed by atoms with Gasteiger partial charge in [0.1, 0.15) is 13.2 Å². The van der Waals surface area contributed by atoms with Crippen LogP contribution in [-0.4, -0.2) is 29.4 Å². The van der Waals surface area contributed by atoms with Crippen LogP contribution >= 0.6 is 0 Å². The first-order chi connectivity index (χ1) is 3.27. The molecule has 0 saturated carbocycles. The summed E-state index contributed by atoms with van der Waals surface area (Å²) in [6.45, 7) is 0.118. The van der Waals surface area contributed by atoms with Gasteiger partial charge in [0.15, 0.2) is 0 Å². The molecule has 42 valence electrons. The van der Waals surface area contributed by atoms with Crippen LogP contribution in [-0.2, 0) is 9.62 Å². The minimum Gasteiger partial charge on any atom is -0.370 e. The van der Waals surface area contributed by atoms with Crippen molar-refractivity contribution in [1.29, 1.82) is 0 Å². The van der Waals surface area contributed by atoms with Crippen LogP contribution in [0.5, 0.6) is 0 Å². The number of rotatable bonds is 1. The molecule has 0 spiro atoms. The molecule has 0 bridgehead atoms. The van der Waals surface area contributed by atoms with Gasteiger partial charge in [-0.05, 0) is 0 Å². The summed E-state index contributed by atoms with van der Waals surface area (Å²) in [5.41, 5.74) is 0. The molecule has 1 aliphatic rings. The highest BCUT2D eigenvalue weighted by Gasteiger charge is 2.37. The zero-order valence-corrected chi connectivity index (χ0v) is 3.63. The van der Waals surface area contributed by atoms with Gasteiger partial charge in [-0.1, -0.05) is 0 Å². The lowest BCUT2D eigenvalue weighted by molar-refractivity contribution is -0.447. The van der Waals surface area contributed by atoms with E-state index in [1.807, 2.05) is 0 Å². The van der Waals surface area contributed by atoms with E-state index in [1.165, 1.54) is 0 Å². The maximum atomic E-state index is 8.62. The van der Waals surface area contributed by atoms with Gasteiger partial charge in [0.05, 0.1) is 0 Å². The Bertz CT molecular complexity index is 61.8. The average molecular weight is 106 g/mol. The molecule has 0 aromatic carbocycles. The Balaban J connectivity index is 2.29. The largest absolute Gasteiger partial charge is 0.370 e. The van der Waals surface area contributed by atoms with Gasteiger partial charge in [0.2, 0.25) is 5.79 Å². The molecular formula is C3H6O4. The lowest BCUT2D eigenvalue weighted by atomic mass is 10.2. The molecule has 1 aliphatic heterocycles. The Kier molecular flexibility index (Phi) is 1.01. The summed E-state index contributed by atoms with van der Waals surface area (Å²) in [6, 6.07) is 0. The Morgan fingerprint density at radius 3 is 2.14 bits per heavy atom. The molecule has 0 unspecified atom stereocenters. The number of hydrogen-bond donors (Lipinski definition) is 2. The third kappa shape index (κ3) is 0.733. The summed E-state index contributed by atoms with van der Waals surface area (Å²) >= 11 is 0. The third-order valence-electron chi connectivity index (χ3n) is 0.825. The van der Waals surface area contributed by atoms with Crippen LogP contribution in [0.1, 0.15) is 0 Å². The zero-order chi connectivity index (χ0) is 5.33. The Hall–Kier alpha value is -0.160. The van der Waals surface area contributed by atoms with Gasteiger partial charge in [0.25, 0.3) is 0 Å². The van der Waals surface area contributed by atoms with Crippen molar-refractivity contribution >= 4 is 0 Å². The van der Waals surface area contributed by atoms with Gasteiger partial charge >= 0.3 is 0 Å². The van der Waals surface area contributed by atoms with Crippen molar-refractivity contribution in [2.75, 3.05) is 13.2 Å². The maximum Gasteiger partial charge on any atom is 0.246 e. The van der Waals surface area contributed by atoms with E-state index >= 15 is 0 Å². The first kappa shape index (κ1) is 4.99. The van der Waals surface area contributed by atoms with E-state index in [2.05, 4.69) is 9.62 Å². The van der Waals surface area contributed by atoms with Crippen molar-refractivity contribution in [3.8, 4) is 0 Å². The number of aliphatic hydroxyl groups is 1. The second-order valence-electron chi connectivity index (χ2n) is 1.53. The van der Waals surface area contributed by atoms with Crippen molar-refractivity contribution in [1.82, 2.24) is 0 Å². The normalized spacial score (nSPS) is 26.6. The van der Waals surface area contributed by atoms with Gasteiger partial charge in [-0.2, -0.15) is 4.89 Å². The highest BCUT2D eigenvalue weighted by Crippen LogP contribution is 2.15. The Morgan fingerprint density at radius 1 is 1.57 bits per heavy atom. The lowest BCUT2D eigenvalue weighted by Gasteiger charge is -2.31. The summed E-state index contributed by atoms with van der Waals surface area (Å²) in [7, 11) is 0. The smallest absolute Gasteiger partial charge is 0.246 e. The minimum absolute atomic E-state index is 0.0590. The average Bonchev–Trinajstić information content (AvgIpc) is 1.61. The van der Waals surface area contributed by atoms with Gasteiger partial charge in [-0.25, -0.2) is 5.26 Å². The van der Waals surface area contributed by atoms with Crippen LogP contribution < -0.4 is 0 Å². The third-order valence-corrected chi connectivity index (χ3v) is 0.825. The van der Waals surface area contributed by atoms with Gasteiger partial charge < -0.3 is 9.84 Å². The molecule has 1 heterocycles. The van der Waals surface area contributed by atoms with E-state index in [0.717, 1.165) is 0 Å². The Morgan fingerprint density at radius 2 is 2.14 bits per heavy atom. The van der Waals surface area contributed by atoms with Gasteiger partial charge in [-0.3, -0.25) is 0 Å². The van der Waals surface area contributed by atoms with E-state index in [9.17, 15) is 0 Å². The monoisotopic (exact) mass is 106 g/mol. The molecule has 4 heteroatoms. The van der Waals surface area contributed by atoms with Crippen molar-refractivity contribution in [2.45, 2.75) is 5.79 Å². The van der Waals surface area contributed by atoms with Crippen LogP contribution in [0, 0.1) is 0 Å². The topological polar surface area (TPSA) is 58.9 Å². The maximum absolute atomic E-state index is 8.62. The first-order valence-corrected chi connectivity index (χ1v) is 1.89. The molecule has 1 saturated heterocycles. The van der Waals surface area contributed by atoms with Gasteiger partial charge in [-0.15, -0.1) is 0 Å². The van der Waals surface area contributed by atoms with Crippen molar-refractivity contribution < 1.29 is 20.0 Å². The molecule has 2 N–H and O–H groups in total. The van der Waals surface area contributed by atoms with E-state index < -0.39 is 5.79 Å². The molecule has 0 aromatic rings. The minimum atomic E-state index is -1.40. The number of hydrogen-bond acceptors (Lipinski definition) is 4. The van der Waals surface area contributed by atoms with Crippen molar-refractivity contribution in [3.63, 3.8) is 0 Å². The molecule has 1 fully saturated rings. The number of ether oxygens (including phenoxy) is 1. The zero-order valence-electron chi connectivity index (χ0n) is 3.63. The lowest BCUT2D eigenvalue weighted by Crippen LogP contribution is -2.51. The standard InChI is InChI=1S/C3H6O4/c4-3(7-5)1-6-2-3/h4-5H,1-2H2. The molecule has 0 aliphatic carbocycles. The fraction of sp³-hybridized carbons (Fsp3) is 1.00. The quantitative estimate of drug-likeness (QED) is 0.261. The summed E-state index contributed by atoms with van der Waals surface area (Å²) < 4.78 is 4.49. The van der Waals surface area contributed by atoms with Crippen LogP contribution in [0.4, 0.5) is 0 Å². The molecule has 0 radical (unpaired) electrons. The van der Waals surface area contributed by atoms with E-state index in [4.69, 9.17) is 10.4 Å². The SMILES string of the molecule is OOC1(O)COC1. The molecule has 0 aromatic heterocycles. The first-order valence-electron chi connectivity index (χ1n) is 1.89. The highest BCUT2D eigenvalue weighted by atomic mass is 17.1. The summed E-state index contributed by atoms with van der Waals surface area (Å²) in [5.74, 6) is -1.40. The van der Waals surface area contributed by atoms with Crippen molar-refractivity contribution in [2.24, 2.45) is 0 Å².